The van der Waals surface area contributed by atoms with Gasteiger partial charge < -0.3 is 29.4 Å². The highest BCUT2D eigenvalue weighted by molar-refractivity contribution is 5.95. The number of carboxylic acid groups (broad SMARTS) is 1. The zero-order chi connectivity index (χ0) is 28.3. The molecule has 0 radical (unpaired) electrons. The fourth-order valence-corrected chi connectivity index (χ4v) is 5.04. The van der Waals surface area contributed by atoms with E-state index < -0.39 is 42.8 Å². The molecule has 4 unspecified atom stereocenters. The summed E-state index contributed by atoms with van der Waals surface area (Å²) in [6.45, 7) is 2.28. The number of fused-ring (bicyclic) bond motifs is 2. The number of hydrogen-bond acceptors (Lipinski definition) is 9. The summed E-state index contributed by atoms with van der Waals surface area (Å²) in [5, 5.41) is 14.9. The third kappa shape index (κ3) is 5.29. The van der Waals surface area contributed by atoms with Crippen molar-refractivity contribution in [3.05, 3.63) is 78.9 Å². The number of hydrogen-bond donors (Lipinski definition) is 3. The Hall–Kier alpha value is -4.59. The van der Waals surface area contributed by atoms with Crippen LogP contribution in [0.15, 0.2) is 73.4 Å². The molecule has 2 aliphatic heterocycles. The summed E-state index contributed by atoms with van der Waals surface area (Å²) in [4.78, 5) is 36.8. The van der Waals surface area contributed by atoms with Gasteiger partial charge in [-0.15, -0.1) is 0 Å². The standard InChI is InChI=1S/C28H28N6O7/c1-2-29-28(37)33-23-20-24(31-14-30-23)34(15-32-20)25-22-21(40-27(41-22)16-9-5-3-4-6-10-16)19(39-25)13-38-18-12-8-7-11-17(18)26(35)36/h3-12,14-16,19,21-22,25,27H,2,13H2,1H3,(H,35,36)(H2,29,30,31,33,37)/t19?,21?,22?,25?,27-/m0/s1. The molecule has 2 aromatic heterocycles. The van der Waals surface area contributed by atoms with E-state index in [1.54, 1.807) is 29.1 Å². The zero-order valence-electron chi connectivity index (χ0n) is 22.0. The maximum atomic E-state index is 12.1. The smallest absolute Gasteiger partial charge is 0.339 e. The van der Waals surface area contributed by atoms with Crippen molar-refractivity contribution >= 4 is 29.0 Å². The molecular formula is C28H28N6O7. The van der Waals surface area contributed by atoms with Crippen LogP contribution in [0.4, 0.5) is 10.6 Å². The molecule has 2 saturated heterocycles. The predicted molar refractivity (Wildman–Crippen MR) is 145 cm³/mol. The molecule has 2 fully saturated rings. The maximum absolute atomic E-state index is 12.1. The summed E-state index contributed by atoms with van der Waals surface area (Å²) in [6, 6.07) is 6.01. The molecule has 0 saturated carbocycles. The number of anilines is 1. The number of aromatic nitrogens is 4. The van der Waals surface area contributed by atoms with E-state index in [9.17, 15) is 14.7 Å². The van der Waals surface area contributed by atoms with Crippen LogP contribution in [-0.4, -0.2) is 74.4 Å². The second kappa shape index (κ2) is 11.5. The van der Waals surface area contributed by atoms with Crippen LogP contribution in [0.25, 0.3) is 11.2 Å². The van der Waals surface area contributed by atoms with E-state index in [0.717, 1.165) is 0 Å². The third-order valence-corrected chi connectivity index (χ3v) is 6.91. The number of nitrogens with zero attached hydrogens (tertiary/aromatic N) is 4. The first-order valence-corrected chi connectivity index (χ1v) is 13.2. The number of carbonyl (C=O) groups is 2. The van der Waals surface area contributed by atoms with Crippen molar-refractivity contribution in [2.45, 2.75) is 37.8 Å². The number of ether oxygens (including phenoxy) is 4. The lowest BCUT2D eigenvalue weighted by Crippen LogP contribution is -2.33. The normalized spacial score (nSPS) is 25.2. The molecule has 6 rings (SSSR count). The molecule has 3 aliphatic rings. The van der Waals surface area contributed by atoms with E-state index in [2.05, 4.69) is 25.6 Å². The first-order chi connectivity index (χ1) is 20.0. The number of nitrogens with one attached hydrogen (secondary N) is 2. The number of para-hydroxylation sites is 1. The van der Waals surface area contributed by atoms with Crippen molar-refractivity contribution in [3.8, 4) is 5.75 Å². The molecule has 0 spiro atoms. The van der Waals surface area contributed by atoms with Crippen molar-refractivity contribution in [3.63, 3.8) is 0 Å². The van der Waals surface area contributed by atoms with Gasteiger partial charge in [-0.25, -0.2) is 24.5 Å². The van der Waals surface area contributed by atoms with Crippen molar-refractivity contribution in [1.29, 1.82) is 0 Å². The second-order valence-corrected chi connectivity index (χ2v) is 9.51. The van der Waals surface area contributed by atoms with Crippen molar-refractivity contribution in [2.75, 3.05) is 18.5 Å². The average Bonchev–Trinajstić information content (AvgIpc) is 3.61. The van der Waals surface area contributed by atoms with Gasteiger partial charge in [0.1, 0.15) is 42.6 Å². The van der Waals surface area contributed by atoms with Crippen molar-refractivity contribution in [1.82, 2.24) is 24.8 Å². The fourth-order valence-electron chi connectivity index (χ4n) is 5.04. The number of rotatable bonds is 8. The fraction of sp³-hybridized carbons (Fsp3) is 0.321. The molecule has 13 heteroatoms. The SMILES string of the molecule is CCNC(=O)Nc1ncnc2c1ncn2C1OC(COc2ccccc2C(=O)O)C2O[C@H](C3C=CC=CC=C3)OC21. The van der Waals surface area contributed by atoms with Crippen molar-refractivity contribution < 1.29 is 33.6 Å². The maximum Gasteiger partial charge on any atom is 0.339 e. The van der Waals surface area contributed by atoms with Gasteiger partial charge in [-0.05, 0) is 19.1 Å². The van der Waals surface area contributed by atoms with Gasteiger partial charge in [-0.2, -0.15) is 0 Å². The van der Waals surface area contributed by atoms with Gasteiger partial charge in [0.05, 0.1) is 6.33 Å². The monoisotopic (exact) mass is 560 g/mol. The number of benzene rings is 1. The number of allylic oxidation sites excluding steroid dienone is 4. The summed E-state index contributed by atoms with van der Waals surface area (Å²) in [7, 11) is 0. The number of aromatic carboxylic acids is 1. The summed E-state index contributed by atoms with van der Waals surface area (Å²) in [5.41, 5.74) is 0.856. The van der Waals surface area contributed by atoms with Gasteiger partial charge in [-0.3, -0.25) is 9.88 Å². The Labute approximate surface area is 234 Å². The molecule has 212 valence electrons. The van der Waals surface area contributed by atoms with E-state index in [1.807, 2.05) is 43.4 Å². The Morgan fingerprint density at radius 3 is 2.59 bits per heavy atom. The Balaban J connectivity index is 1.29. The highest BCUT2D eigenvalue weighted by Crippen LogP contribution is 2.43. The van der Waals surface area contributed by atoms with Crippen LogP contribution in [0, 0.1) is 5.92 Å². The lowest BCUT2D eigenvalue weighted by atomic mass is 10.1. The molecule has 1 aromatic carbocycles. The molecule has 4 heterocycles. The third-order valence-electron chi connectivity index (χ3n) is 6.91. The molecule has 3 aromatic rings. The van der Waals surface area contributed by atoms with Crippen LogP contribution in [0.2, 0.25) is 0 Å². The van der Waals surface area contributed by atoms with Gasteiger partial charge in [0, 0.05) is 12.5 Å². The minimum atomic E-state index is -1.09. The van der Waals surface area contributed by atoms with Crippen molar-refractivity contribution in [2.24, 2.45) is 5.92 Å². The zero-order valence-corrected chi connectivity index (χ0v) is 22.0. The van der Waals surface area contributed by atoms with Gasteiger partial charge >= 0.3 is 12.0 Å². The lowest BCUT2D eigenvalue weighted by Gasteiger charge is -2.23. The van der Waals surface area contributed by atoms with Crippen LogP contribution in [0.3, 0.4) is 0 Å². The van der Waals surface area contributed by atoms with E-state index in [0.29, 0.717) is 17.7 Å². The number of amides is 2. The number of imidazole rings is 1. The second-order valence-electron chi connectivity index (χ2n) is 9.51. The van der Waals surface area contributed by atoms with E-state index in [-0.39, 0.29) is 29.7 Å². The van der Waals surface area contributed by atoms with E-state index >= 15 is 0 Å². The molecular weight excluding hydrogens is 532 g/mol. The van der Waals surface area contributed by atoms with Gasteiger partial charge in [0.2, 0.25) is 0 Å². The highest BCUT2D eigenvalue weighted by atomic mass is 16.8. The quantitative estimate of drug-likeness (QED) is 0.374. The first kappa shape index (κ1) is 26.6. The van der Waals surface area contributed by atoms with Gasteiger partial charge in [-0.1, -0.05) is 48.6 Å². The summed E-state index contributed by atoms with van der Waals surface area (Å²) >= 11 is 0. The topological polar surface area (TPSA) is 159 Å². The predicted octanol–water partition coefficient (Wildman–Crippen LogP) is 3.05. The van der Waals surface area contributed by atoms with E-state index in [1.165, 1.54) is 12.4 Å². The molecule has 13 nitrogen and oxygen atoms in total. The minimum absolute atomic E-state index is 0.0154. The Morgan fingerprint density at radius 2 is 1.80 bits per heavy atom. The molecule has 2 amide bonds. The Bertz CT molecular complexity index is 1520. The van der Waals surface area contributed by atoms with Crippen LogP contribution < -0.4 is 15.4 Å². The van der Waals surface area contributed by atoms with Crippen LogP contribution in [-0.2, 0) is 14.2 Å². The van der Waals surface area contributed by atoms with Crippen LogP contribution in [0.1, 0.15) is 23.5 Å². The summed E-state index contributed by atoms with van der Waals surface area (Å²) < 4.78 is 26.9. The molecule has 41 heavy (non-hydrogen) atoms. The average molecular weight is 561 g/mol. The summed E-state index contributed by atoms with van der Waals surface area (Å²) in [6.07, 6.45) is 11.6. The molecule has 5 atom stereocenters. The number of carbonyl (C=O) groups excluding carboxylic acids is 1. The Kier molecular flexibility index (Phi) is 7.46. The van der Waals surface area contributed by atoms with Crippen LogP contribution in [0.5, 0.6) is 5.75 Å². The lowest BCUT2D eigenvalue weighted by molar-refractivity contribution is -0.157. The molecule has 1 aliphatic carbocycles. The summed E-state index contributed by atoms with van der Waals surface area (Å²) in [5.74, 6) is -0.754. The first-order valence-electron chi connectivity index (χ1n) is 13.2. The van der Waals surface area contributed by atoms with Gasteiger partial charge in [0.15, 0.2) is 29.5 Å². The Morgan fingerprint density at radius 1 is 1.02 bits per heavy atom. The van der Waals surface area contributed by atoms with E-state index in [4.69, 9.17) is 18.9 Å². The van der Waals surface area contributed by atoms with Gasteiger partial charge in [0.25, 0.3) is 0 Å². The number of urea groups is 1. The largest absolute Gasteiger partial charge is 0.490 e. The van der Waals surface area contributed by atoms with Crippen LogP contribution >= 0.6 is 0 Å². The number of carboxylic acids is 1. The highest BCUT2D eigenvalue weighted by Gasteiger charge is 2.55. The minimum Gasteiger partial charge on any atom is -0.490 e. The molecule has 3 N–H and O–H groups in total. The molecule has 0 bridgehead atoms.